The molecule has 0 saturated heterocycles. The zero-order valence-electron chi connectivity index (χ0n) is 10.4. The monoisotopic (exact) mass is 214 g/mol. The summed E-state index contributed by atoms with van der Waals surface area (Å²) in [6, 6.07) is 0. The van der Waals surface area contributed by atoms with Crippen LogP contribution < -0.4 is 0 Å². The molecule has 90 valence electrons. The highest BCUT2D eigenvalue weighted by molar-refractivity contribution is 4.77. The van der Waals surface area contributed by atoms with E-state index < -0.39 is 0 Å². The lowest BCUT2D eigenvalue weighted by atomic mass is 10.2. The van der Waals surface area contributed by atoms with Gasteiger partial charge in [0.1, 0.15) is 0 Å². The molecule has 2 nitrogen and oxygen atoms in total. The molecule has 0 radical (unpaired) electrons. The maximum absolute atomic E-state index is 5.96. The van der Waals surface area contributed by atoms with Gasteiger partial charge in [-0.1, -0.05) is 26.7 Å². The van der Waals surface area contributed by atoms with Gasteiger partial charge in [0.2, 0.25) is 0 Å². The van der Waals surface area contributed by atoms with Crippen LogP contribution >= 0.6 is 0 Å². The molecule has 0 unspecified atom stereocenters. The molecular formula is C13H26O2. The number of hydrogen-bond acceptors (Lipinski definition) is 2. The predicted octanol–water partition coefficient (Wildman–Crippen LogP) is 3.89. The number of hydrogen-bond donors (Lipinski definition) is 0. The lowest BCUT2D eigenvalue weighted by Crippen LogP contribution is -2.33. The molecule has 2 heteroatoms. The Balaban J connectivity index is 2.26. The first-order chi connectivity index (χ1) is 7.33. The first-order valence-electron chi connectivity index (χ1n) is 6.61. The lowest BCUT2D eigenvalue weighted by molar-refractivity contribution is -0.233. The minimum atomic E-state index is -0.204. The van der Waals surface area contributed by atoms with Gasteiger partial charge >= 0.3 is 0 Å². The third kappa shape index (κ3) is 4.52. The minimum Gasteiger partial charge on any atom is -0.350 e. The molecule has 0 atom stereocenters. The van der Waals surface area contributed by atoms with E-state index in [1.54, 1.807) is 0 Å². The van der Waals surface area contributed by atoms with E-state index >= 15 is 0 Å². The molecule has 1 aliphatic rings. The van der Waals surface area contributed by atoms with Crippen molar-refractivity contribution in [3.05, 3.63) is 0 Å². The molecule has 1 saturated carbocycles. The van der Waals surface area contributed by atoms with Crippen molar-refractivity contribution in [3.8, 4) is 0 Å². The van der Waals surface area contributed by atoms with Crippen molar-refractivity contribution >= 4 is 0 Å². The quantitative estimate of drug-likeness (QED) is 0.451. The summed E-state index contributed by atoms with van der Waals surface area (Å²) in [7, 11) is 0. The summed E-state index contributed by atoms with van der Waals surface area (Å²) in [6.45, 7) is 6.12. The minimum absolute atomic E-state index is 0.204. The van der Waals surface area contributed by atoms with Crippen LogP contribution in [0.15, 0.2) is 0 Å². The Morgan fingerprint density at radius 2 is 1.33 bits per heavy atom. The number of unbranched alkanes of at least 4 members (excludes halogenated alkanes) is 2. The maximum atomic E-state index is 5.96. The van der Waals surface area contributed by atoms with Gasteiger partial charge in [-0.05, 0) is 25.7 Å². The molecule has 0 aromatic rings. The van der Waals surface area contributed by atoms with E-state index in [-0.39, 0.29) is 5.79 Å². The van der Waals surface area contributed by atoms with Crippen LogP contribution in [0.2, 0.25) is 0 Å². The number of rotatable bonds is 8. The van der Waals surface area contributed by atoms with Gasteiger partial charge in [-0.2, -0.15) is 0 Å². The Kier molecular flexibility index (Phi) is 6.26. The highest BCUT2D eigenvalue weighted by Gasteiger charge is 2.35. The second-order valence-electron chi connectivity index (χ2n) is 4.52. The fourth-order valence-electron chi connectivity index (χ4n) is 2.05. The second-order valence-corrected chi connectivity index (χ2v) is 4.52. The van der Waals surface area contributed by atoms with Crippen LogP contribution in [0.1, 0.15) is 65.2 Å². The van der Waals surface area contributed by atoms with Crippen molar-refractivity contribution in [2.45, 2.75) is 71.0 Å². The van der Waals surface area contributed by atoms with Crippen LogP contribution in [0, 0.1) is 0 Å². The van der Waals surface area contributed by atoms with Gasteiger partial charge in [0.15, 0.2) is 5.79 Å². The Morgan fingerprint density at radius 1 is 0.867 bits per heavy atom. The summed E-state index contributed by atoms with van der Waals surface area (Å²) in [5.74, 6) is -0.204. The zero-order valence-corrected chi connectivity index (χ0v) is 10.4. The summed E-state index contributed by atoms with van der Waals surface area (Å²) in [5, 5.41) is 0. The molecule has 0 aromatic carbocycles. The van der Waals surface area contributed by atoms with Gasteiger partial charge in [-0.15, -0.1) is 0 Å². The van der Waals surface area contributed by atoms with Crippen molar-refractivity contribution in [3.63, 3.8) is 0 Å². The molecule has 0 heterocycles. The Hall–Kier alpha value is -0.0800. The van der Waals surface area contributed by atoms with Crippen LogP contribution in [0.5, 0.6) is 0 Å². The van der Waals surface area contributed by atoms with Gasteiger partial charge in [0.25, 0.3) is 0 Å². The highest BCUT2D eigenvalue weighted by atomic mass is 16.7. The van der Waals surface area contributed by atoms with Crippen LogP contribution in [-0.2, 0) is 9.47 Å². The largest absolute Gasteiger partial charge is 0.350 e. The smallest absolute Gasteiger partial charge is 0.168 e. The molecular weight excluding hydrogens is 188 g/mol. The van der Waals surface area contributed by atoms with E-state index in [9.17, 15) is 0 Å². The lowest BCUT2D eigenvalue weighted by Gasteiger charge is -2.29. The molecule has 1 aliphatic carbocycles. The van der Waals surface area contributed by atoms with E-state index in [0.717, 1.165) is 38.9 Å². The molecule has 1 fully saturated rings. The van der Waals surface area contributed by atoms with Gasteiger partial charge in [-0.25, -0.2) is 0 Å². The molecule has 0 bridgehead atoms. The van der Waals surface area contributed by atoms with E-state index in [1.165, 1.54) is 25.7 Å². The molecule has 15 heavy (non-hydrogen) atoms. The predicted molar refractivity (Wildman–Crippen MR) is 62.9 cm³/mol. The van der Waals surface area contributed by atoms with Gasteiger partial charge in [-0.3, -0.25) is 0 Å². The summed E-state index contributed by atoms with van der Waals surface area (Å²) in [6.07, 6.45) is 9.42. The standard InChI is InChI=1S/C13H26O2/c1-3-5-11-14-13(9-7-8-10-13)15-12-6-4-2/h3-12H2,1-2H3. The van der Waals surface area contributed by atoms with E-state index in [0.29, 0.717) is 0 Å². The van der Waals surface area contributed by atoms with Crippen molar-refractivity contribution in [2.24, 2.45) is 0 Å². The van der Waals surface area contributed by atoms with E-state index in [4.69, 9.17) is 9.47 Å². The van der Waals surface area contributed by atoms with Crippen molar-refractivity contribution in [1.29, 1.82) is 0 Å². The van der Waals surface area contributed by atoms with Crippen LogP contribution in [0.3, 0.4) is 0 Å². The zero-order chi connectivity index (χ0) is 11.0. The second kappa shape index (κ2) is 7.24. The molecule has 0 aromatic heterocycles. The Labute approximate surface area is 94.3 Å². The van der Waals surface area contributed by atoms with Crippen molar-refractivity contribution in [1.82, 2.24) is 0 Å². The molecule has 1 rings (SSSR count). The third-order valence-corrected chi connectivity index (χ3v) is 3.09. The first kappa shape index (κ1) is 13.0. The van der Waals surface area contributed by atoms with Crippen LogP contribution in [0.25, 0.3) is 0 Å². The van der Waals surface area contributed by atoms with E-state index in [2.05, 4.69) is 13.8 Å². The van der Waals surface area contributed by atoms with Crippen LogP contribution in [-0.4, -0.2) is 19.0 Å². The molecule has 0 aliphatic heterocycles. The topological polar surface area (TPSA) is 18.5 Å². The SMILES string of the molecule is CCCCOC1(OCCCC)CCCC1. The van der Waals surface area contributed by atoms with Crippen molar-refractivity contribution in [2.75, 3.05) is 13.2 Å². The number of ether oxygens (including phenoxy) is 2. The van der Waals surface area contributed by atoms with Gasteiger partial charge in [0, 0.05) is 12.8 Å². The summed E-state index contributed by atoms with van der Waals surface area (Å²) >= 11 is 0. The van der Waals surface area contributed by atoms with E-state index in [1.807, 2.05) is 0 Å². The molecule has 0 spiro atoms. The first-order valence-corrected chi connectivity index (χ1v) is 6.61. The average Bonchev–Trinajstić information content (AvgIpc) is 2.68. The average molecular weight is 214 g/mol. The van der Waals surface area contributed by atoms with Gasteiger partial charge < -0.3 is 9.47 Å². The van der Waals surface area contributed by atoms with Crippen molar-refractivity contribution < 1.29 is 9.47 Å². The third-order valence-electron chi connectivity index (χ3n) is 3.09. The molecule has 0 amide bonds. The van der Waals surface area contributed by atoms with Gasteiger partial charge in [0.05, 0.1) is 13.2 Å². The normalized spacial score (nSPS) is 19.6. The molecule has 0 N–H and O–H groups in total. The fourth-order valence-corrected chi connectivity index (χ4v) is 2.05. The summed E-state index contributed by atoms with van der Waals surface area (Å²) in [5.41, 5.74) is 0. The maximum Gasteiger partial charge on any atom is 0.168 e. The summed E-state index contributed by atoms with van der Waals surface area (Å²) in [4.78, 5) is 0. The Bertz CT molecular complexity index is 139. The van der Waals surface area contributed by atoms with Crippen LogP contribution in [0.4, 0.5) is 0 Å². The summed E-state index contributed by atoms with van der Waals surface area (Å²) < 4.78 is 11.9. The fraction of sp³-hybridized carbons (Fsp3) is 1.00. The Morgan fingerprint density at radius 3 is 1.73 bits per heavy atom. The highest BCUT2D eigenvalue weighted by Crippen LogP contribution is 2.34.